The van der Waals surface area contributed by atoms with E-state index >= 15 is 0 Å². The van der Waals surface area contributed by atoms with Crippen LogP contribution < -0.4 is 4.90 Å². The molecule has 0 radical (unpaired) electrons. The molecule has 3 fully saturated rings. The number of anilines is 1. The fraction of sp³-hybridized carbons (Fsp3) is 0.500. The van der Waals surface area contributed by atoms with Crippen LogP contribution in [0.4, 0.5) is 5.69 Å². The first-order chi connectivity index (χ1) is 13.1. The number of rotatable bonds is 2. The molecule has 0 spiro atoms. The van der Waals surface area contributed by atoms with Crippen LogP contribution in [0.5, 0.6) is 0 Å². The summed E-state index contributed by atoms with van der Waals surface area (Å²) in [6, 6.07) is 7.06. The van der Waals surface area contributed by atoms with Gasteiger partial charge in [0.1, 0.15) is 0 Å². The summed E-state index contributed by atoms with van der Waals surface area (Å²) in [4.78, 5) is 42.1. The first-order valence-corrected chi connectivity index (χ1v) is 10.1. The molecule has 2 aliphatic carbocycles. The van der Waals surface area contributed by atoms with Crippen molar-refractivity contribution in [2.24, 2.45) is 23.7 Å². The molecule has 0 aromatic heterocycles. The van der Waals surface area contributed by atoms with Gasteiger partial charge in [0.15, 0.2) is 0 Å². The Morgan fingerprint density at radius 3 is 2.15 bits per heavy atom. The third-order valence-corrected chi connectivity index (χ3v) is 6.71. The highest BCUT2D eigenvalue weighted by Gasteiger charge is 2.59. The zero-order chi connectivity index (χ0) is 18.5. The minimum atomic E-state index is -0.211. The van der Waals surface area contributed by atoms with Gasteiger partial charge in [0.2, 0.25) is 11.8 Å². The Kier molecular flexibility index (Phi) is 3.92. The summed E-state index contributed by atoms with van der Waals surface area (Å²) in [5, 5.41) is 0. The molecule has 4 atom stereocenters. The summed E-state index contributed by atoms with van der Waals surface area (Å²) in [5.41, 5.74) is 1.10. The Balaban J connectivity index is 1.42. The lowest BCUT2D eigenvalue weighted by atomic mass is 9.85. The number of nitrogens with zero attached hydrogens (tertiary/aromatic N) is 2. The Labute approximate surface area is 159 Å². The number of hydrogen-bond acceptors (Lipinski definition) is 3. The number of imide groups is 1. The fourth-order valence-electron chi connectivity index (χ4n) is 5.39. The molecule has 2 heterocycles. The van der Waals surface area contributed by atoms with Gasteiger partial charge in [-0.15, -0.1) is 0 Å². The lowest BCUT2D eigenvalue weighted by molar-refractivity contribution is -0.123. The Bertz CT molecular complexity index is 808. The average molecular weight is 364 g/mol. The van der Waals surface area contributed by atoms with Crippen LogP contribution in [-0.2, 0) is 9.59 Å². The number of carbonyl (C=O) groups excluding carboxylic acids is 3. The summed E-state index contributed by atoms with van der Waals surface area (Å²) < 4.78 is 0. The average Bonchev–Trinajstić information content (AvgIpc) is 3.28. The van der Waals surface area contributed by atoms with Gasteiger partial charge in [-0.05, 0) is 49.3 Å². The zero-order valence-corrected chi connectivity index (χ0v) is 15.3. The number of carbonyl (C=O) groups is 3. The molecule has 5 rings (SSSR count). The summed E-state index contributed by atoms with van der Waals surface area (Å²) >= 11 is 0. The normalized spacial score (nSPS) is 32.1. The maximum Gasteiger partial charge on any atom is 0.253 e. The molecule has 1 aromatic rings. The van der Waals surface area contributed by atoms with E-state index in [0.717, 1.165) is 32.4 Å². The lowest BCUT2D eigenvalue weighted by Crippen LogP contribution is -2.34. The topological polar surface area (TPSA) is 57.7 Å². The van der Waals surface area contributed by atoms with E-state index in [0.29, 0.717) is 11.3 Å². The van der Waals surface area contributed by atoms with E-state index in [1.54, 1.807) is 24.3 Å². The number of likely N-dealkylation sites (tertiary alicyclic amines) is 1. The van der Waals surface area contributed by atoms with Gasteiger partial charge in [0, 0.05) is 18.7 Å². The molecule has 0 N–H and O–H groups in total. The molecular formula is C22H24N2O3. The van der Waals surface area contributed by atoms with Gasteiger partial charge >= 0.3 is 0 Å². The van der Waals surface area contributed by atoms with Gasteiger partial charge in [-0.1, -0.05) is 31.1 Å². The van der Waals surface area contributed by atoms with Crippen LogP contribution in [0.15, 0.2) is 36.4 Å². The van der Waals surface area contributed by atoms with Crippen molar-refractivity contribution in [2.45, 2.75) is 32.1 Å². The second kappa shape index (κ2) is 6.32. The van der Waals surface area contributed by atoms with E-state index in [4.69, 9.17) is 0 Å². The minimum Gasteiger partial charge on any atom is -0.339 e. The molecule has 27 heavy (non-hydrogen) atoms. The van der Waals surface area contributed by atoms with Gasteiger partial charge < -0.3 is 4.90 Å². The van der Waals surface area contributed by atoms with Crippen LogP contribution in [0.2, 0.25) is 0 Å². The Hall–Kier alpha value is -2.43. The third kappa shape index (κ3) is 2.55. The Morgan fingerprint density at radius 2 is 1.52 bits per heavy atom. The van der Waals surface area contributed by atoms with Crippen molar-refractivity contribution in [3.8, 4) is 0 Å². The highest BCUT2D eigenvalue weighted by atomic mass is 16.2. The largest absolute Gasteiger partial charge is 0.339 e. The smallest absolute Gasteiger partial charge is 0.253 e. The monoisotopic (exact) mass is 364 g/mol. The number of hydrogen-bond donors (Lipinski definition) is 0. The van der Waals surface area contributed by atoms with Crippen LogP contribution in [0.1, 0.15) is 42.5 Å². The fourth-order valence-corrected chi connectivity index (χ4v) is 5.39. The number of amides is 3. The van der Waals surface area contributed by atoms with Gasteiger partial charge in [-0.3, -0.25) is 14.4 Å². The summed E-state index contributed by atoms with van der Waals surface area (Å²) in [6.07, 6.45) is 9.52. The molecule has 2 aliphatic heterocycles. The quantitative estimate of drug-likeness (QED) is 0.599. The van der Waals surface area contributed by atoms with E-state index in [-0.39, 0.29) is 41.4 Å². The summed E-state index contributed by atoms with van der Waals surface area (Å²) in [5.74, 6) is -0.219. The molecule has 5 heteroatoms. The molecule has 3 amide bonds. The summed E-state index contributed by atoms with van der Waals surface area (Å²) in [6.45, 7) is 1.56. The molecular weight excluding hydrogens is 340 g/mol. The lowest BCUT2D eigenvalue weighted by Gasteiger charge is -2.22. The standard InChI is InChI=1S/C22H24N2O3/c25-20(23-10-3-1-2-4-11-23)16-6-5-7-17(13-16)24-21(26)18-14-8-9-15(12-14)19(18)22(24)27/h5-9,13-15,18-19H,1-4,10-12H2/t14-,15-,18-,19-/m0/s1. The van der Waals surface area contributed by atoms with Crippen LogP contribution in [-0.4, -0.2) is 35.7 Å². The van der Waals surface area contributed by atoms with E-state index in [1.165, 1.54) is 17.7 Å². The van der Waals surface area contributed by atoms with Crippen molar-refractivity contribution >= 4 is 23.4 Å². The Morgan fingerprint density at radius 1 is 0.889 bits per heavy atom. The zero-order valence-electron chi connectivity index (χ0n) is 15.3. The maximum absolute atomic E-state index is 13.0. The molecule has 1 saturated carbocycles. The molecule has 4 aliphatic rings. The molecule has 5 nitrogen and oxygen atoms in total. The molecule has 2 bridgehead atoms. The van der Waals surface area contributed by atoms with Crippen LogP contribution >= 0.6 is 0 Å². The van der Waals surface area contributed by atoms with Gasteiger partial charge in [-0.2, -0.15) is 0 Å². The predicted octanol–water partition coefficient (Wildman–Crippen LogP) is 3.01. The van der Waals surface area contributed by atoms with Crippen molar-refractivity contribution in [3.63, 3.8) is 0 Å². The molecule has 140 valence electrons. The first-order valence-electron chi connectivity index (χ1n) is 10.1. The number of fused-ring (bicyclic) bond motifs is 5. The van der Waals surface area contributed by atoms with Crippen molar-refractivity contribution < 1.29 is 14.4 Å². The van der Waals surface area contributed by atoms with E-state index < -0.39 is 0 Å². The van der Waals surface area contributed by atoms with Crippen LogP contribution in [0, 0.1) is 23.7 Å². The van der Waals surface area contributed by atoms with E-state index in [1.807, 2.05) is 4.90 Å². The number of allylic oxidation sites excluding steroid dienone is 2. The van der Waals surface area contributed by atoms with Crippen molar-refractivity contribution in [1.82, 2.24) is 4.90 Å². The summed E-state index contributed by atoms with van der Waals surface area (Å²) in [7, 11) is 0. The number of benzene rings is 1. The van der Waals surface area contributed by atoms with E-state index in [2.05, 4.69) is 12.2 Å². The second-order valence-electron chi connectivity index (χ2n) is 8.27. The predicted molar refractivity (Wildman–Crippen MR) is 101 cm³/mol. The molecule has 0 unspecified atom stereocenters. The highest BCUT2D eigenvalue weighted by Crippen LogP contribution is 2.53. The van der Waals surface area contributed by atoms with Crippen LogP contribution in [0.3, 0.4) is 0 Å². The van der Waals surface area contributed by atoms with Crippen molar-refractivity contribution in [2.75, 3.05) is 18.0 Å². The van der Waals surface area contributed by atoms with Gasteiger partial charge in [-0.25, -0.2) is 4.90 Å². The van der Waals surface area contributed by atoms with Crippen molar-refractivity contribution in [1.29, 1.82) is 0 Å². The van der Waals surface area contributed by atoms with Gasteiger partial charge in [0.05, 0.1) is 17.5 Å². The van der Waals surface area contributed by atoms with Crippen LogP contribution in [0.25, 0.3) is 0 Å². The van der Waals surface area contributed by atoms with E-state index in [9.17, 15) is 14.4 Å². The van der Waals surface area contributed by atoms with Gasteiger partial charge in [0.25, 0.3) is 5.91 Å². The first kappa shape index (κ1) is 16.7. The third-order valence-electron chi connectivity index (χ3n) is 6.71. The highest BCUT2D eigenvalue weighted by molar-refractivity contribution is 6.23. The molecule has 1 aromatic carbocycles. The second-order valence-corrected chi connectivity index (χ2v) is 8.27. The molecule has 2 saturated heterocycles. The SMILES string of the molecule is O=C(c1cccc(N2C(=O)[C@@H]3[C@@H](C2=O)[C@H]2C=C[C@H]3C2)c1)N1CCCCCC1. The van der Waals surface area contributed by atoms with Crippen molar-refractivity contribution in [3.05, 3.63) is 42.0 Å². The minimum absolute atomic E-state index is 0.000208. The maximum atomic E-state index is 13.0.